The summed E-state index contributed by atoms with van der Waals surface area (Å²) in [5.41, 5.74) is 2.19. The standard InChI is InChI=1S/C21H30N4O2S/c1-14-20(28-15(2)25-14)13-24-21(22-3)23-12-16-9-10-18(19(11-16)26-4)27-17-7-5-6-8-17/h9-11,17H,5-8,12-13H2,1-4H3,(H2,22,23,24). The van der Waals surface area contributed by atoms with Crippen LogP contribution < -0.4 is 20.1 Å². The van der Waals surface area contributed by atoms with Crippen molar-refractivity contribution in [2.45, 2.75) is 58.7 Å². The molecule has 1 saturated carbocycles. The van der Waals surface area contributed by atoms with Crippen LogP contribution in [0.4, 0.5) is 0 Å². The second-order valence-corrected chi connectivity index (χ2v) is 8.32. The van der Waals surface area contributed by atoms with Crippen LogP contribution >= 0.6 is 11.3 Å². The number of aliphatic imine (C=N–C) groups is 1. The van der Waals surface area contributed by atoms with E-state index in [0.717, 1.165) is 46.6 Å². The highest BCUT2D eigenvalue weighted by molar-refractivity contribution is 7.11. The Morgan fingerprint density at radius 1 is 1.18 bits per heavy atom. The Balaban J connectivity index is 1.55. The van der Waals surface area contributed by atoms with Gasteiger partial charge in [0.2, 0.25) is 0 Å². The van der Waals surface area contributed by atoms with Gasteiger partial charge in [-0.3, -0.25) is 4.99 Å². The van der Waals surface area contributed by atoms with Crippen LogP contribution in [0.15, 0.2) is 23.2 Å². The van der Waals surface area contributed by atoms with Crippen molar-refractivity contribution in [3.63, 3.8) is 0 Å². The molecule has 152 valence electrons. The van der Waals surface area contributed by atoms with E-state index in [1.54, 1.807) is 25.5 Å². The smallest absolute Gasteiger partial charge is 0.191 e. The maximum absolute atomic E-state index is 6.11. The first-order valence-electron chi connectivity index (χ1n) is 9.80. The predicted octanol–water partition coefficient (Wildman–Crippen LogP) is 3.96. The van der Waals surface area contributed by atoms with Gasteiger partial charge in [-0.2, -0.15) is 0 Å². The van der Waals surface area contributed by atoms with E-state index in [1.807, 2.05) is 26.0 Å². The minimum absolute atomic E-state index is 0.319. The number of ether oxygens (including phenoxy) is 2. The molecule has 1 heterocycles. The lowest BCUT2D eigenvalue weighted by atomic mass is 10.2. The molecule has 3 rings (SSSR count). The highest BCUT2D eigenvalue weighted by Crippen LogP contribution is 2.32. The summed E-state index contributed by atoms with van der Waals surface area (Å²) < 4.78 is 11.7. The van der Waals surface area contributed by atoms with Gasteiger partial charge in [-0.05, 0) is 57.2 Å². The Kier molecular flexibility index (Phi) is 7.14. The van der Waals surface area contributed by atoms with Gasteiger partial charge in [-0.15, -0.1) is 11.3 Å². The first kappa shape index (κ1) is 20.5. The number of methoxy groups -OCH3 is 1. The van der Waals surface area contributed by atoms with Gasteiger partial charge >= 0.3 is 0 Å². The van der Waals surface area contributed by atoms with Crippen molar-refractivity contribution in [3.05, 3.63) is 39.3 Å². The Hall–Kier alpha value is -2.28. The van der Waals surface area contributed by atoms with E-state index < -0.39 is 0 Å². The average molecular weight is 403 g/mol. The van der Waals surface area contributed by atoms with Crippen molar-refractivity contribution in [2.24, 2.45) is 4.99 Å². The van der Waals surface area contributed by atoms with E-state index in [9.17, 15) is 0 Å². The van der Waals surface area contributed by atoms with Gasteiger partial charge in [0, 0.05) is 18.5 Å². The second-order valence-electron chi connectivity index (χ2n) is 7.03. The molecule has 6 nitrogen and oxygen atoms in total. The van der Waals surface area contributed by atoms with E-state index in [0.29, 0.717) is 19.2 Å². The van der Waals surface area contributed by atoms with Gasteiger partial charge in [0.05, 0.1) is 30.5 Å². The number of rotatable bonds is 7. The summed E-state index contributed by atoms with van der Waals surface area (Å²) in [6, 6.07) is 6.11. The summed E-state index contributed by atoms with van der Waals surface area (Å²) in [7, 11) is 3.47. The van der Waals surface area contributed by atoms with E-state index in [4.69, 9.17) is 9.47 Å². The third-order valence-electron chi connectivity index (χ3n) is 4.92. The molecule has 0 spiro atoms. The molecule has 7 heteroatoms. The second kappa shape index (κ2) is 9.78. The average Bonchev–Trinajstić information content (AvgIpc) is 3.31. The Labute approximate surface area is 171 Å². The van der Waals surface area contributed by atoms with Crippen LogP contribution in [0.3, 0.4) is 0 Å². The normalized spacial score (nSPS) is 14.9. The topological polar surface area (TPSA) is 67.8 Å². The fourth-order valence-corrected chi connectivity index (χ4v) is 4.29. The number of hydrogen-bond acceptors (Lipinski definition) is 5. The molecule has 2 aromatic rings. The monoisotopic (exact) mass is 402 g/mol. The van der Waals surface area contributed by atoms with Crippen molar-refractivity contribution in [2.75, 3.05) is 14.2 Å². The number of nitrogens with zero attached hydrogens (tertiary/aromatic N) is 2. The molecule has 1 aromatic carbocycles. The van der Waals surface area contributed by atoms with E-state index in [-0.39, 0.29) is 0 Å². The molecule has 0 radical (unpaired) electrons. The van der Waals surface area contributed by atoms with Crippen LogP contribution in [0.5, 0.6) is 11.5 Å². The van der Waals surface area contributed by atoms with E-state index in [1.165, 1.54) is 17.7 Å². The number of thiazole rings is 1. The lowest BCUT2D eigenvalue weighted by Gasteiger charge is -2.17. The Morgan fingerprint density at radius 3 is 2.57 bits per heavy atom. The molecule has 1 aromatic heterocycles. The SMILES string of the molecule is CN=C(NCc1ccc(OC2CCCC2)c(OC)c1)NCc1sc(C)nc1C. The number of benzene rings is 1. The summed E-state index contributed by atoms with van der Waals surface area (Å²) in [4.78, 5) is 10.0. The molecular formula is C21H30N4O2S. The van der Waals surface area contributed by atoms with Crippen LogP contribution in [-0.4, -0.2) is 31.2 Å². The number of aryl methyl sites for hydroxylation is 2. The summed E-state index contributed by atoms with van der Waals surface area (Å²) >= 11 is 1.71. The van der Waals surface area contributed by atoms with Gasteiger partial charge in [0.25, 0.3) is 0 Å². The number of aromatic nitrogens is 1. The Morgan fingerprint density at radius 2 is 1.93 bits per heavy atom. The number of hydrogen-bond donors (Lipinski definition) is 2. The molecule has 0 saturated heterocycles. The maximum atomic E-state index is 6.11. The van der Waals surface area contributed by atoms with Crippen LogP contribution in [0.25, 0.3) is 0 Å². The van der Waals surface area contributed by atoms with E-state index in [2.05, 4.69) is 26.7 Å². The summed E-state index contributed by atoms with van der Waals surface area (Å²) in [5.74, 6) is 2.37. The van der Waals surface area contributed by atoms with Crippen molar-refractivity contribution in [1.29, 1.82) is 0 Å². The first-order valence-corrected chi connectivity index (χ1v) is 10.6. The predicted molar refractivity (Wildman–Crippen MR) is 115 cm³/mol. The van der Waals surface area contributed by atoms with Crippen molar-refractivity contribution in [1.82, 2.24) is 15.6 Å². The number of nitrogens with one attached hydrogen (secondary N) is 2. The van der Waals surface area contributed by atoms with Crippen LogP contribution in [0.2, 0.25) is 0 Å². The molecule has 1 fully saturated rings. The fraction of sp³-hybridized carbons (Fsp3) is 0.524. The molecule has 28 heavy (non-hydrogen) atoms. The molecule has 1 aliphatic rings. The third kappa shape index (κ3) is 5.38. The summed E-state index contributed by atoms with van der Waals surface area (Å²) in [5, 5.41) is 7.79. The van der Waals surface area contributed by atoms with Crippen LogP contribution in [-0.2, 0) is 13.1 Å². The minimum Gasteiger partial charge on any atom is -0.493 e. The summed E-state index contributed by atoms with van der Waals surface area (Å²) in [6.45, 7) is 5.44. The van der Waals surface area contributed by atoms with Gasteiger partial charge in [-0.25, -0.2) is 4.98 Å². The van der Waals surface area contributed by atoms with Crippen LogP contribution in [0, 0.1) is 13.8 Å². The lowest BCUT2D eigenvalue weighted by Crippen LogP contribution is -2.36. The molecular weight excluding hydrogens is 372 g/mol. The van der Waals surface area contributed by atoms with Crippen molar-refractivity contribution >= 4 is 17.3 Å². The highest BCUT2D eigenvalue weighted by Gasteiger charge is 2.18. The zero-order valence-corrected chi connectivity index (χ0v) is 18.0. The zero-order chi connectivity index (χ0) is 19.9. The molecule has 0 unspecified atom stereocenters. The molecule has 0 amide bonds. The van der Waals surface area contributed by atoms with Gasteiger partial charge in [-0.1, -0.05) is 6.07 Å². The van der Waals surface area contributed by atoms with E-state index >= 15 is 0 Å². The zero-order valence-electron chi connectivity index (χ0n) is 17.2. The maximum Gasteiger partial charge on any atom is 0.191 e. The molecule has 2 N–H and O–H groups in total. The van der Waals surface area contributed by atoms with Gasteiger partial charge in [0.1, 0.15) is 0 Å². The highest BCUT2D eigenvalue weighted by atomic mass is 32.1. The number of guanidine groups is 1. The minimum atomic E-state index is 0.319. The van der Waals surface area contributed by atoms with Gasteiger partial charge < -0.3 is 20.1 Å². The lowest BCUT2D eigenvalue weighted by molar-refractivity contribution is 0.200. The molecule has 0 atom stereocenters. The van der Waals surface area contributed by atoms with Crippen molar-refractivity contribution in [3.8, 4) is 11.5 Å². The first-order chi connectivity index (χ1) is 13.6. The fourth-order valence-electron chi connectivity index (χ4n) is 3.41. The Bertz CT molecular complexity index is 813. The molecule has 1 aliphatic carbocycles. The molecule has 0 bridgehead atoms. The quantitative estimate of drug-likeness (QED) is 0.542. The summed E-state index contributed by atoms with van der Waals surface area (Å²) in [6.07, 6.45) is 5.09. The third-order valence-corrected chi connectivity index (χ3v) is 6.00. The van der Waals surface area contributed by atoms with Crippen LogP contribution in [0.1, 0.15) is 46.8 Å². The van der Waals surface area contributed by atoms with Gasteiger partial charge in [0.15, 0.2) is 17.5 Å². The largest absolute Gasteiger partial charge is 0.493 e. The van der Waals surface area contributed by atoms with Crippen molar-refractivity contribution < 1.29 is 9.47 Å². The molecule has 0 aliphatic heterocycles.